The van der Waals surface area contributed by atoms with Crippen LogP contribution in [0.4, 0.5) is 0 Å². The van der Waals surface area contributed by atoms with Crippen LogP contribution in [0.2, 0.25) is 0 Å². The molecule has 3 rings (SSSR count). The van der Waals surface area contributed by atoms with Crippen LogP contribution < -0.4 is 9.47 Å². The van der Waals surface area contributed by atoms with Crippen molar-refractivity contribution in [3.8, 4) is 11.5 Å². The molecule has 37 heavy (non-hydrogen) atoms. The highest BCUT2D eigenvalue weighted by molar-refractivity contribution is 6.46. The van der Waals surface area contributed by atoms with E-state index >= 15 is 0 Å². The molecule has 1 saturated heterocycles. The normalized spacial score (nSPS) is 17.0. The van der Waals surface area contributed by atoms with Gasteiger partial charge in [-0.2, -0.15) is 0 Å². The first kappa shape index (κ1) is 28.3. The number of nitrogens with zero attached hydrogens (tertiary/aromatic N) is 2. The van der Waals surface area contributed by atoms with Crippen LogP contribution in [-0.4, -0.2) is 66.5 Å². The monoisotopic (exact) mass is 508 g/mol. The van der Waals surface area contributed by atoms with Crippen molar-refractivity contribution in [2.24, 2.45) is 0 Å². The molecule has 7 nitrogen and oxygen atoms in total. The first-order valence-corrected chi connectivity index (χ1v) is 13.2. The number of likely N-dealkylation sites (tertiary alicyclic amines) is 1. The minimum Gasteiger partial charge on any atom is -0.507 e. The lowest BCUT2D eigenvalue weighted by Crippen LogP contribution is -2.33. The molecule has 1 unspecified atom stereocenters. The van der Waals surface area contributed by atoms with Gasteiger partial charge < -0.3 is 24.4 Å². The summed E-state index contributed by atoms with van der Waals surface area (Å²) in [4.78, 5) is 30.4. The molecule has 0 aromatic heterocycles. The van der Waals surface area contributed by atoms with E-state index in [4.69, 9.17) is 9.47 Å². The summed E-state index contributed by atoms with van der Waals surface area (Å²) in [5, 5.41) is 11.3. The summed E-state index contributed by atoms with van der Waals surface area (Å²) < 4.78 is 11.5. The van der Waals surface area contributed by atoms with Gasteiger partial charge >= 0.3 is 0 Å². The topological polar surface area (TPSA) is 79.3 Å². The Labute approximate surface area is 220 Å². The number of ether oxygens (including phenoxy) is 2. The van der Waals surface area contributed by atoms with E-state index in [2.05, 4.69) is 25.7 Å². The van der Waals surface area contributed by atoms with Crippen LogP contribution in [0.3, 0.4) is 0 Å². The van der Waals surface area contributed by atoms with Gasteiger partial charge in [0.05, 0.1) is 25.3 Å². The number of amides is 1. The summed E-state index contributed by atoms with van der Waals surface area (Å²) in [5.41, 5.74) is 2.32. The number of aliphatic hydroxyl groups excluding tert-OH is 1. The van der Waals surface area contributed by atoms with Crippen molar-refractivity contribution >= 4 is 17.4 Å². The van der Waals surface area contributed by atoms with Crippen LogP contribution in [-0.2, 0) is 9.59 Å². The first-order valence-electron chi connectivity index (χ1n) is 13.2. The summed E-state index contributed by atoms with van der Waals surface area (Å²) in [5.74, 6) is -0.306. The fourth-order valence-electron chi connectivity index (χ4n) is 4.63. The molecule has 2 aromatic rings. The third-order valence-electron chi connectivity index (χ3n) is 6.89. The highest BCUT2D eigenvalue weighted by Crippen LogP contribution is 2.42. The van der Waals surface area contributed by atoms with Crippen molar-refractivity contribution in [2.75, 3.05) is 39.9 Å². The van der Waals surface area contributed by atoms with Crippen molar-refractivity contribution in [1.82, 2.24) is 9.80 Å². The Bertz CT molecular complexity index is 1110. The average Bonchev–Trinajstić information content (AvgIpc) is 3.16. The van der Waals surface area contributed by atoms with Crippen molar-refractivity contribution in [2.45, 2.75) is 53.0 Å². The molecule has 1 aliphatic rings. The summed E-state index contributed by atoms with van der Waals surface area (Å²) >= 11 is 0. The molecule has 1 amide bonds. The Morgan fingerprint density at radius 1 is 1.00 bits per heavy atom. The second kappa shape index (κ2) is 13.3. The molecule has 0 aliphatic carbocycles. The maximum absolute atomic E-state index is 13.3. The molecular formula is C30H40N2O5. The Morgan fingerprint density at radius 3 is 2.32 bits per heavy atom. The number of rotatable bonds is 13. The first-order chi connectivity index (χ1) is 17.9. The van der Waals surface area contributed by atoms with E-state index < -0.39 is 17.7 Å². The molecule has 1 heterocycles. The molecule has 200 valence electrons. The third kappa shape index (κ3) is 6.52. The maximum Gasteiger partial charge on any atom is 0.295 e. The predicted molar refractivity (Wildman–Crippen MR) is 146 cm³/mol. The van der Waals surface area contributed by atoms with E-state index in [0.29, 0.717) is 42.2 Å². The van der Waals surface area contributed by atoms with Crippen molar-refractivity contribution < 1.29 is 24.2 Å². The summed E-state index contributed by atoms with van der Waals surface area (Å²) in [6.45, 7) is 11.9. The lowest BCUT2D eigenvalue weighted by Gasteiger charge is -2.27. The average molecular weight is 509 g/mol. The largest absolute Gasteiger partial charge is 0.507 e. The molecule has 1 N–H and O–H groups in total. The Hall–Kier alpha value is -3.32. The van der Waals surface area contributed by atoms with E-state index in [1.54, 1.807) is 30.2 Å². The molecule has 1 aliphatic heterocycles. The zero-order valence-electron chi connectivity index (χ0n) is 22.8. The number of methoxy groups -OCH3 is 1. The fourth-order valence-corrected chi connectivity index (χ4v) is 4.63. The highest BCUT2D eigenvalue weighted by Gasteiger charge is 2.46. The number of carbonyl (C=O) groups is 2. The minimum absolute atomic E-state index is 0.0957. The van der Waals surface area contributed by atoms with Crippen molar-refractivity contribution in [3.63, 3.8) is 0 Å². The maximum atomic E-state index is 13.3. The van der Waals surface area contributed by atoms with Gasteiger partial charge in [-0.1, -0.05) is 63.1 Å². The molecule has 1 fully saturated rings. The Morgan fingerprint density at radius 2 is 1.70 bits per heavy atom. The second-order valence-corrected chi connectivity index (χ2v) is 9.35. The number of Topliss-reactive ketones (excluding diaryl/α,β-unsaturated/α-hetero) is 1. The third-order valence-corrected chi connectivity index (χ3v) is 6.89. The molecule has 2 aromatic carbocycles. The molecule has 0 spiro atoms. The highest BCUT2D eigenvalue weighted by atomic mass is 16.5. The number of aliphatic hydroxyl groups is 1. The summed E-state index contributed by atoms with van der Waals surface area (Å²) in [6.07, 6.45) is 2.65. The van der Waals surface area contributed by atoms with Crippen LogP contribution in [0, 0.1) is 6.92 Å². The molecular weight excluding hydrogens is 468 g/mol. The van der Waals surface area contributed by atoms with Gasteiger partial charge in [-0.15, -0.1) is 0 Å². The van der Waals surface area contributed by atoms with Crippen molar-refractivity contribution in [3.05, 3.63) is 64.7 Å². The smallest absolute Gasteiger partial charge is 0.295 e. The Balaban J connectivity index is 2.05. The predicted octanol–water partition coefficient (Wildman–Crippen LogP) is 5.34. The van der Waals surface area contributed by atoms with Crippen LogP contribution in [0.1, 0.15) is 62.8 Å². The number of carbonyl (C=O) groups excluding carboxylic acids is 2. The van der Waals surface area contributed by atoms with E-state index in [9.17, 15) is 14.7 Å². The SMILES string of the molecule is CCCCOc1ccc(C2C(=C(O)c3ccc(C)cc3)C(=O)C(=O)N2CCCN(CC)CC)cc1OC. The van der Waals surface area contributed by atoms with Crippen LogP contribution in [0.15, 0.2) is 48.0 Å². The van der Waals surface area contributed by atoms with Crippen LogP contribution >= 0.6 is 0 Å². The number of unbranched alkanes of at least 4 members (excludes halogenated alkanes) is 1. The number of hydrogen-bond donors (Lipinski definition) is 1. The van der Waals surface area contributed by atoms with E-state index in [-0.39, 0.29) is 11.3 Å². The molecule has 1 atom stereocenters. The lowest BCUT2D eigenvalue weighted by molar-refractivity contribution is -0.140. The molecule has 0 bridgehead atoms. The molecule has 0 saturated carbocycles. The van der Waals surface area contributed by atoms with Gasteiger partial charge in [0.2, 0.25) is 0 Å². The number of aryl methyl sites for hydroxylation is 1. The zero-order valence-corrected chi connectivity index (χ0v) is 22.8. The minimum atomic E-state index is -0.725. The van der Waals surface area contributed by atoms with Gasteiger partial charge in [-0.25, -0.2) is 0 Å². The van der Waals surface area contributed by atoms with E-state index in [0.717, 1.165) is 38.0 Å². The number of ketones is 1. The summed E-state index contributed by atoms with van der Waals surface area (Å²) in [7, 11) is 1.57. The fraction of sp³-hybridized carbons (Fsp3) is 0.467. The lowest BCUT2D eigenvalue weighted by atomic mass is 9.94. The van der Waals surface area contributed by atoms with Crippen molar-refractivity contribution in [1.29, 1.82) is 0 Å². The zero-order chi connectivity index (χ0) is 26.9. The second-order valence-electron chi connectivity index (χ2n) is 9.35. The van der Waals surface area contributed by atoms with Crippen LogP contribution in [0.5, 0.6) is 11.5 Å². The van der Waals surface area contributed by atoms with Crippen LogP contribution in [0.25, 0.3) is 5.76 Å². The van der Waals surface area contributed by atoms with E-state index in [1.165, 1.54) is 0 Å². The molecule has 7 heteroatoms. The van der Waals surface area contributed by atoms with E-state index in [1.807, 2.05) is 31.2 Å². The van der Waals surface area contributed by atoms with Gasteiger partial charge in [0, 0.05) is 12.1 Å². The standard InChI is InChI=1S/C30H40N2O5/c1-6-9-19-37-24-16-15-23(20-25(24)36-5)27-26(28(33)22-13-11-21(4)12-14-22)29(34)30(35)32(27)18-10-17-31(7-2)8-3/h11-16,20,27,33H,6-10,17-19H2,1-5H3. The number of benzene rings is 2. The quantitative estimate of drug-likeness (QED) is 0.170. The Kier molecular flexibility index (Phi) is 10.1. The molecule has 0 radical (unpaired) electrons. The summed E-state index contributed by atoms with van der Waals surface area (Å²) in [6, 6.07) is 12.0. The van der Waals surface area contributed by atoms with Gasteiger partial charge in [-0.05, 0) is 57.1 Å². The van der Waals surface area contributed by atoms with Gasteiger partial charge in [-0.3, -0.25) is 9.59 Å². The van der Waals surface area contributed by atoms with Gasteiger partial charge in [0.15, 0.2) is 11.5 Å². The number of hydrogen-bond acceptors (Lipinski definition) is 6. The van der Waals surface area contributed by atoms with Gasteiger partial charge in [0.1, 0.15) is 5.76 Å². The van der Waals surface area contributed by atoms with Gasteiger partial charge in [0.25, 0.3) is 11.7 Å².